The van der Waals surface area contributed by atoms with Gasteiger partial charge in [-0.1, -0.05) is 32.0 Å². The normalized spacial score (nSPS) is 18.2. The Bertz CT molecular complexity index is 1250. The summed E-state index contributed by atoms with van der Waals surface area (Å²) in [5.74, 6) is 1.54. The Hall–Kier alpha value is -3.19. The molecule has 1 unspecified atom stereocenters. The number of hydrogen-bond donors (Lipinski definition) is 1. The number of nitrogens with zero attached hydrogens (tertiary/aromatic N) is 3. The quantitative estimate of drug-likeness (QED) is 0.493. The summed E-state index contributed by atoms with van der Waals surface area (Å²) in [6.45, 7) is 9.09. The zero-order valence-electron chi connectivity index (χ0n) is 22.3. The van der Waals surface area contributed by atoms with E-state index in [-0.39, 0.29) is 17.6 Å². The molecule has 1 saturated heterocycles. The van der Waals surface area contributed by atoms with Crippen LogP contribution in [0.25, 0.3) is 10.9 Å². The van der Waals surface area contributed by atoms with Gasteiger partial charge in [-0.3, -0.25) is 9.69 Å². The first-order valence-corrected chi connectivity index (χ1v) is 13.5. The number of phenolic OH excluding ortho intramolecular Hbond substituents is 1. The lowest BCUT2D eigenvalue weighted by Gasteiger charge is -2.36. The van der Waals surface area contributed by atoms with Gasteiger partial charge in [-0.15, -0.1) is 0 Å². The van der Waals surface area contributed by atoms with E-state index in [9.17, 15) is 9.90 Å². The van der Waals surface area contributed by atoms with Crippen molar-refractivity contribution in [2.45, 2.75) is 46.2 Å². The Morgan fingerprint density at radius 3 is 2.84 bits per heavy atom. The van der Waals surface area contributed by atoms with Gasteiger partial charge in [0.1, 0.15) is 0 Å². The monoisotopic (exact) mass is 505 g/mol. The lowest BCUT2D eigenvalue weighted by atomic mass is 9.95. The SMILES string of the molecule is CC(C)CN(Cc1cc(O)c2c(c1)OCCCO2)C(=O)C1CCCN(Cc2cccc3ccn(C)c23)C1. The van der Waals surface area contributed by atoms with E-state index in [0.29, 0.717) is 43.7 Å². The number of amides is 1. The smallest absolute Gasteiger partial charge is 0.227 e. The van der Waals surface area contributed by atoms with Crippen LogP contribution in [0.5, 0.6) is 17.2 Å². The third kappa shape index (κ3) is 5.72. The highest BCUT2D eigenvalue weighted by molar-refractivity contribution is 5.83. The number of aryl methyl sites for hydroxylation is 1. The van der Waals surface area contributed by atoms with Gasteiger partial charge in [0.25, 0.3) is 0 Å². The average Bonchev–Trinajstić information content (AvgIpc) is 3.09. The molecule has 1 aromatic heterocycles. The molecule has 1 fully saturated rings. The Labute approximate surface area is 219 Å². The zero-order chi connectivity index (χ0) is 25.9. The van der Waals surface area contributed by atoms with Crippen LogP contribution in [0.3, 0.4) is 0 Å². The van der Waals surface area contributed by atoms with Crippen LogP contribution in [-0.2, 0) is 24.9 Å². The molecular weight excluding hydrogens is 466 g/mol. The summed E-state index contributed by atoms with van der Waals surface area (Å²) >= 11 is 0. The largest absolute Gasteiger partial charge is 0.504 e. The van der Waals surface area contributed by atoms with Crippen molar-refractivity contribution in [1.29, 1.82) is 0 Å². The predicted molar refractivity (Wildman–Crippen MR) is 145 cm³/mol. The molecule has 0 aliphatic carbocycles. The summed E-state index contributed by atoms with van der Waals surface area (Å²) in [6.07, 6.45) is 4.81. The number of fused-ring (bicyclic) bond motifs is 2. The number of ether oxygens (including phenoxy) is 2. The second-order valence-electron chi connectivity index (χ2n) is 11.0. The summed E-state index contributed by atoms with van der Waals surface area (Å²) in [6, 6.07) is 12.3. The van der Waals surface area contributed by atoms with Crippen LogP contribution in [0.15, 0.2) is 42.6 Å². The fraction of sp³-hybridized carbons (Fsp3) is 0.500. The lowest BCUT2D eigenvalue weighted by Crippen LogP contribution is -2.45. The van der Waals surface area contributed by atoms with E-state index in [1.54, 1.807) is 6.07 Å². The first-order chi connectivity index (χ1) is 17.9. The van der Waals surface area contributed by atoms with Gasteiger partial charge >= 0.3 is 0 Å². The van der Waals surface area contributed by atoms with Gasteiger partial charge in [0.2, 0.25) is 11.7 Å². The maximum atomic E-state index is 13.9. The van der Waals surface area contributed by atoms with Crippen molar-refractivity contribution in [3.05, 3.63) is 53.7 Å². The number of piperidine rings is 1. The summed E-state index contributed by atoms with van der Waals surface area (Å²) in [4.78, 5) is 18.3. The number of carbonyl (C=O) groups is 1. The first kappa shape index (κ1) is 25.5. The summed E-state index contributed by atoms with van der Waals surface area (Å²) in [7, 11) is 2.09. The Morgan fingerprint density at radius 1 is 1.16 bits per heavy atom. The van der Waals surface area contributed by atoms with Crippen LogP contribution in [0.2, 0.25) is 0 Å². The number of hydrogen-bond acceptors (Lipinski definition) is 5. The minimum Gasteiger partial charge on any atom is -0.504 e. The molecule has 3 aromatic rings. The third-order valence-electron chi connectivity index (χ3n) is 7.39. The standard InChI is InChI=1S/C30H39N3O4/c1-21(2)17-33(18-22-15-26(34)29-27(16-22)36-13-6-14-37-29)30(35)25-9-5-11-32(20-25)19-24-8-4-7-23-10-12-31(3)28(23)24/h4,7-8,10,12,15-16,21,25,34H,5-6,9,11,13-14,17-20H2,1-3H3. The van der Waals surface area contributed by atoms with E-state index < -0.39 is 0 Å². The maximum Gasteiger partial charge on any atom is 0.227 e. The predicted octanol–water partition coefficient (Wildman–Crippen LogP) is 4.94. The van der Waals surface area contributed by atoms with Crippen molar-refractivity contribution in [2.24, 2.45) is 18.9 Å². The third-order valence-corrected chi connectivity index (χ3v) is 7.39. The molecule has 1 N–H and O–H groups in total. The molecule has 37 heavy (non-hydrogen) atoms. The maximum absolute atomic E-state index is 13.9. The molecule has 2 aliphatic heterocycles. The van der Waals surface area contributed by atoms with Crippen LogP contribution in [0, 0.1) is 11.8 Å². The molecule has 0 saturated carbocycles. The highest BCUT2D eigenvalue weighted by Gasteiger charge is 2.30. The minimum atomic E-state index is -0.0332. The molecule has 5 rings (SSSR count). The fourth-order valence-electron chi connectivity index (χ4n) is 5.77. The molecule has 198 valence electrons. The van der Waals surface area contributed by atoms with Crippen LogP contribution >= 0.6 is 0 Å². The van der Waals surface area contributed by atoms with Gasteiger partial charge in [0.15, 0.2) is 11.5 Å². The molecule has 2 aliphatic rings. The number of rotatable bonds is 7. The van der Waals surface area contributed by atoms with Crippen molar-refractivity contribution in [3.8, 4) is 17.2 Å². The van der Waals surface area contributed by atoms with Crippen LogP contribution in [0.4, 0.5) is 0 Å². The van der Waals surface area contributed by atoms with Gasteiger partial charge in [0, 0.05) is 45.8 Å². The van der Waals surface area contributed by atoms with Crippen LogP contribution < -0.4 is 9.47 Å². The summed E-state index contributed by atoms with van der Waals surface area (Å²) in [5.41, 5.74) is 3.44. The van der Waals surface area contributed by atoms with E-state index in [4.69, 9.17) is 9.47 Å². The molecule has 1 amide bonds. The molecule has 7 heteroatoms. The molecule has 0 bridgehead atoms. The number of phenols is 1. The molecule has 7 nitrogen and oxygen atoms in total. The second kappa shape index (κ2) is 11.1. The highest BCUT2D eigenvalue weighted by Crippen LogP contribution is 2.39. The minimum absolute atomic E-state index is 0.0332. The van der Waals surface area contributed by atoms with Gasteiger partial charge in [-0.05, 0) is 60.0 Å². The number of benzene rings is 2. The second-order valence-corrected chi connectivity index (χ2v) is 11.0. The topological polar surface area (TPSA) is 67.2 Å². The van der Waals surface area contributed by atoms with Gasteiger partial charge < -0.3 is 24.0 Å². The molecular formula is C30H39N3O4. The van der Waals surface area contributed by atoms with Crippen molar-refractivity contribution in [2.75, 3.05) is 32.8 Å². The molecule has 2 aromatic carbocycles. The molecule has 1 atom stereocenters. The average molecular weight is 506 g/mol. The van der Waals surface area contributed by atoms with Gasteiger partial charge in [-0.2, -0.15) is 0 Å². The van der Waals surface area contributed by atoms with Gasteiger partial charge in [-0.25, -0.2) is 0 Å². The number of para-hydroxylation sites is 1. The molecule has 3 heterocycles. The van der Waals surface area contributed by atoms with Crippen molar-refractivity contribution in [3.63, 3.8) is 0 Å². The lowest BCUT2D eigenvalue weighted by molar-refractivity contribution is -0.138. The first-order valence-electron chi connectivity index (χ1n) is 13.5. The van der Waals surface area contributed by atoms with E-state index in [1.807, 2.05) is 11.0 Å². The Kier molecular flexibility index (Phi) is 7.60. The van der Waals surface area contributed by atoms with Crippen molar-refractivity contribution >= 4 is 16.8 Å². The van der Waals surface area contributed by atoms with Crippen LogP contribution in [-0.4, -0.2) is 58.2 Å². The summed E-state index contributed by atoms with van der Waals surface area (Å²) in [5, 5.41) is 11.8. The summed E-state index contributed by atoms with van der Waals surface area (Å²) < 4.78 is 13.7. The Balaban J connectivity index is 1.31. The Morgan fingerprint density at radius 2 is 2.00 bits per heavy atom. The van der Waals surface area contributed by atoms with Crippen molar-refractivity contribution < 1.29 is 19.4 Å². The van der Waals surface area contributed by atoms with E-state index in [1.165, 1.54) is 16.5 Å². The molecule has 0 spiro atoms. The van der Waals surface area contributed by atoms with Crippen LogP contribution in [0.1, 0.15) is 44.2 Å². The zero-order valence-corrected chi connectivity index (χ0v) is 22.3. The number of aromatic hydroxyl groups is 1. The number of carbonyl (C=O) groups excluding carboxylic acids is 1. The van der Waals surface area contributed by atoms with E-state index >= 15 is 0 Å². The van der Waals surface area contributed by atoms with Gasteiger partial charge in [0.05, 0.1) is 24.6 Å². The van der Waals surface area contributed by atoms with E-state index in [2.05, 4.69) is 60.8 Å². The highest BCUT2D eigenvalue weighted by atomic mass is 16.5. The number of aromatic nitrogens is 1. The van der Waals surface area contributed by atoms with Crippen molar-refractivity contribution in [1.82, 2.24) is 14.4 Å². The van der Waals surface area contributed by atoms with E-state index in [0.717, 1.165) is 44.5 Å². The number of likely N-dealkylation sites (tertiary alicyclic amines) is 1. The molecule has 0 radical (unpaired) electrons. The fourth-order valence-corrected chi connectivity index (χ4v) is 5.77.